The molecule has 0 saturated carbocycles. The number of nitrogens with zero attached hydrogens (tertiary/aromatic N) is 1. The van der Waals surface area contributed by atoms with Crippen LogP contribution in [0.2, 0.25) is 5.02 Å². The van der Waals surface area contributed by atoms with E-state index in [0.29, 0.717) is 35.6 Å². The molecule has 0 aliphatic carbocycles. The topological polar surface area (TPSA) is 57.2 Å². The molecule has 2 aromatic rings. The number of hydrogen-bond acceptors (Lipinski definition) is 6. The Kier molecular flexibility index (Phi) is 7.53. The second-order valence-electron chi connectivity index (χ2n) is 7.20. The lowest BCUT2D eigenvalue weighted by atomic mass is 10.1. The van der Waals surface area contributed by atoms with Crippen LogP contribution in [0.3, 0.4) is 0 Å². The fourth-order valence-corrected chi connectivity index (χ4v) is 4.01. The van der Waals surface area contributed by atoms with Crippen molar-refractivity contribution in [3.8, 4) is 17.2 Å². The molecular formula is C22H23ClF3NO5. The van der Waals surface area contributed by atoms with E-state index in [1.54, 1.807) is 25.1 Å². The smallest absolute Gasteiger partial charge is 0.496 e. The molecule has 0 spiro atoms. The van der Waals surface area contributed by atoms with Crippen LogP contribution in [0, 0.1) is 0 Å². The first kappa shape index (κ1) is 24.2. The van der Waals surface area contributed by atoms with Gasteiger partial charge in [-0.25, -0.2) is 0 Å². The zero-order valence-corrected chi connectivity index (χ0v) is 18.4. The molecule has 1 aliphatic heterocycles. The largest absolute Gasteiger partial charge is 0.573 e. The SMILES string of the molecule is COc1cccc(OC)c1C1OC(C)C(C=O)N1CCc1ccc(OC(F)(F)F)c(Cl)c1. The maximum atomic E-state index is 12.5. The van der Waals surface area contributed by atoms with Gasteiger partial charge in [-0.2, -0.15) is 0 Å². The van der Waals surface area contributed by atoms with Crippen LogP contribution in [-0.2, 0) is 16.0 Å². The van der Waals surface area contributed by atoms with Crippen LogP contribution < -0.4 is 14.2 Å². The van der Waals surface area contributed by atoms with E-state index >= 15 is 0 Å². The third-order valence-corrected chi connectivity index (χ3v) is 5.54. The minimum absolute atomic E-state index is 0.152. The number of alkyl halides is 3. The van der Waals surface area contributed by atoms with Gasteiger partial charge in [0.15, 0.2) is 0 Å². The zero-order chi connectivity index (χ0) is 23.5. The number of hydrogen-bond donors (Lipinski definition) is 0. The highest BCUT2D eigenvalue weighted by Gasteiger charge is 2.42. The van der Waals surface area contributed by atoms with Crippen molar-refractivity contribution in [2.75, 3.05) is 20.8 Å². The predicted octanol–water partition coefficient (Wildman–Crippen LogP) is 4.79. The molecule has 32 heavy (non-hydrogen) atoms. The minimum Gasteiger partial charge on any atom is -0.496 e. The summed E-state index contributed by atoms with van der Waals surface area (Å²) in [6.45, 7) is 2.17. The molecule has 0 amide bonds. The first-order chi connectivity index (χ1) is 15.2. The molecule has 3 unspecified atom stereocenters. The van der Waals surface area contributed by atoms with Crippen LogP contribution in [0.1, 0.15) is 24.3 Å². The zero-order valence-electron chi connectivity index (χ0n) is 17.7. The first-order valence-corrected chi connectivity index (χ1v) is 10.2. The molecule has 3 atom stereocenters. The quantitative estimate of drug-likeness (QED) is 0.514. The number of carbonyl (C=O) groups is 1. The summed E-state index contributed by atoms with van der Waals surface area (Å²) in [4.78, 5) is 13.7. The average molecular weight is 474 g/mol. The van der Waals surface area contributed by atoms with E-state index in [9.17, 15) is 18.0 Å². The lowest BCUT2D eigenvalue weighted by Gasteiger charge is -2.28. The summed E-state index contributed by atoms with van der Waals surface area (Å²) in [6, 6.07) is 8.90. The molecule has 1 saturated heterocycles. The van der Waals surface area contributed by atoms with Gasteiger partial charge >= 0.3 is 6.36 Å². The lowest BCUT2D eigenvalue weighted by molar-refractivity contribution is -0.274. The Morgan fingerprint density at radius 3 is 2.31 bits per heavy atom. The van der Waals surface area contributed by atoms with Crippen molar-refractivity contribution in [2.45, 2.75) is 38.1 Å². The maximum Gasteiger partial charge on any atom is 0.573 e. The highest BCUT2D eigenvalue weighted by atomic mass is 35.5. The van der Waals surface area contributed by atoms with E-state index in [0.717, 1.165) is 6.29 Å². The van der Waals surface area contributed by atoms with Crippen LogP contribution in [0.5, 0.6) is 17.2 Å². The van der Waals surface area contributed by atoms with Crippen molar-refractivity contribution in [2.24, 2.45) is 0 Å². The summed E-state index contributed by atoms with van der Waals surface area (Å²) in [5.74, 6) is 0.632. The molecule has 10 heteroatoms. The Morgan fingerprint density at radius 2 is 1.78 bits per heavy atom. The molecule has 0 aromatic heterocycles. The van der Waals surface area contributed by atoms with E-state index in [2.05, 4.69) is 4.74 Å². The number of aldehydes is 1. The second kappa shape index (κ2) is 9.97. The third kappa shape index (κ3) is 5.28. The Balaban J connectivity index is 1.85. The fourth-order valence-electron chi connectivity index (χ4n) is 3.77. The normalized spacial score (nSPS) is 21.4. The molecule has 0 N–H and O–H groups in total. The fraction of sp³-hybridized carbons (Fsp3) is 0.409. The Bertz CT molecular complexity index is 933. The van der Waals surface area contributed by atoms with Gasteiger partial charge in [0.05, 0.1) is 37.0 Å². The minimum atomic E-state index is -4.83. The van der Waals surface area contributed by atoms with E-state index < -0.39 is 30.5 Å². The van der Waals surface area contributed by atoms with Gasteiger partial charge in [0.1, 0.15) is 29.8 Å². The summed E-state index contributed by atoms with van der Waals surface area (Å²) in [5, 5.41) is -0.152. The molecule has 1 fully saturated rings. The van der Waals surface area contributed by atoms with E-state index in [4.69, 9.17) is 25.8 Å². The van der Waals surface area contributed by atoms with Gasteiger partial charge < -0.3 is 23.7 Å². The molecule has 1 heterocycles. The standard InChI is InChI=1S/C22H23ClF3NO5/c1-13-16(12-28)27(21(31-13)20-18(29-2)5-4-6-19(20)30-3)10-9-14-7-8-17(15(23)11-14)32-22(24,25)26/h4-8,11-13,16,21H,9-10H2,1-3H3. The highest BCUT2D eigenvalue weighted by molar-refractivity contribution is 6.32. The summed E-state index contributed by atoms with van der Waals surface area (Å²) in [5.41, 5.74) is 1.33. The second-order valence-corrected chi connectivity index (χ2v) is 7.60. The van der Waals surface area contributed by atoms with Crippen molar-refractivity contribution in [1.82, 2.24) is 4.90 Å². The Hall–Kier alpha value is -2.49. The van der Waals surface area contributed by atoms with E-state index in [-0.39, 0.29) is 5.02 Å². The van der Waals surface area contributed by atoms with Crippen LogP contribution in [0.25, 0.3) is 0 Å². The third-order valence-electron chi connectivity index (χ3n) is 5.24. The summed E-state index contributed by atoms with van der Waals surface area (Å²) >= 11 is 5.96. The van der Waals surface area contributed by atoms with Gasteiger partial charge in [-0.1, -0.05) is 23.7 Å². The molecule has 6 nitrogen and oxygen atoms in total. The molecule has 0 radical (unpaired) electrons. The Labute approximate surface area is 188 Å². The molecule has 3 rings (SSSR count). The molecule has 1 aliphatic rings. The highest BCUT2D eigenvalue weighted by Crippen LogP contribution is 2.43. The van der Waals surface area contributed by atoms with Gasteiger partial charge in [0, 0.05) is 6.54 Å². The van der Waals surface area contributed by atoms with Crippen molar-refractivity contribution >= 4 is 17.9 Å². The van der Waals surface area contributed by atoms with Crippen molar-refractivity contribution in [3.63, 3.8) is 0 Å². The predicted molar refractivity (Wildman–Crippen MR) is 111 cm³/mol. The summed E-state index contributed by atoms with van der Waals surface area (Å²) < 4.78 is 58.4. The number of ether oxygens (including phenoxy) is 4. The monoisotopic (exact) mass is 473 g/mol. The van der Waals surface area contributed by atoms with Gasteiger partial charge in [0.2, 0.25) is 0 Å². The summed E-state index contributed by atoms with van der Waals surface area (Å²) in [6.07, 6.45) is -4.61. The van der Waals surface area contributed by atoms with Crippen molar-refractivity contribution in [1.29, 1.82) is 0 Å². The van der Waals surface area contributed by atoms with Gasteiger partial charge in [-0.3, -0.25) is 4.90 Å². The van der Waals surface area contributed by atoms with E-state index in [1.165, 1.54) is 32.4 Å². The Morgan fingerprint density at radius 1 is 1.12 bits per heavy atom. The van der Waals surface area contributed by atoms with Gasteiger partial charge in [-0.15, -0.1) is 13.2 Å². The molecule has 0 bridgehead atoms. The van der Waals surface area contributed by atoms with Crippen LogP contribution in [0.15, 0.2) is 36.4 Å². The lowest BCUT2D eigenvalue weighted by Crippen LogP contribution is -2.38. The van der Waals surface area contributed by atoms with Gasteiger partial charge in [-0.05, 0) is 43.2 Å². The number of halogens is 4. The number of benzene rings is 2. The first-order valence-electron chi connectivity index (χ1n) is 9.80. The van der Waals surface area contributed by atoms with Gasteiger partial charge in [0.25, 0.3) is 0 Å². The van der Waals surface area contributed by atoms with Crippen LogP contribution >= 0.6 is 11.6 Å². The van der Waals surface area contributed by atoms with Crippen molar-refractivity contribution < 1.29 is 36.9 Å². The summed E-state index contributed by atoms with van der Waals surface area (Å²) in [7, 11) is 3.07. The van der Waals surface area contributed by atoms with E-state index in [1.807, 2.05) is 4.90 Å². The molecule has 2 aromatic carbocycles. The maximum absolute atomic E-state index is 12.5. The number of methoxy groups -OCH3 is 2. The van der Waals surface area contributed by atoms with Crippen LogP contribution in [-0.4, -0.2) is 50.5 Å². The number of rotatable bonds is 8. The molecular weight excluding hydrogens is 451 g/mol. The van der Waals surface area contributed by atoms with Crippen LogP contribution in [0.4, 0.5) is 13.2 Å². The molecule has 174 valence electrons. The van der Waals surface area contributed by atoms with Crippen molar-refractivity contribution in [3.05, 3.63) is 52.5 Å². The number of carbonyl (C=O) groups excluding carboxylic acids is 1. The average Bonchev–Trinajstić information content (AvgIpc) is 3.07.